The summed E-state index contributed by atoms with van der Waals surface area (Å²) in [5.74, 6) is 0.120. The number of carbonyl (C=O) groups is 2. The summed E-state index contributed by atoms with van der Waals surface area (Å²) in [5, 5.41) is 10.6. The first-order valence-electron chi connectivity index (χ1n) is 8.15. The van der Waals surface area contributed by atoms with E-state index >= 15 is 0 Å². The normalized spacial score (nSPS) is 17.3. The van der Waals surface area contributed by atoms with Gasteiger partial charge in [-0.25, -0.2) is 0 Å². The van der Waals surface area contributed by atoms with Crippen LogP contribution in [0.2, 0.25) is 0 Å². The second-order valence-electron chi connectivity index (χ2n) is 6.02. The highest BCUT2D eigenvalue weighted by Crippen LogP contribution is 2.21. The van der Waals surface area contributed by atoms with Gasteiger partial charge in [0.2, 0.25) is 5.91 Å². The molecule has 1 aromatic heterocycles. The number of benzene rings is 1. The van der Waals surface area contributed by atoms with Crippen molar-refractivity contribution in [2.24, 2.45) is 5.92 Å². The number of nitrogens with zero attached hydrogens (tertiary/aromatic N) is 4. The third-order valence-corrected chi connectivity index (χ3v) is 4.06. The molecule has 2 aromatic rings. The average Bonchev–Trinajstić information content (AvgIpc) is 3.16. The summed E-state index contributed by atoms with van der Waals surface area (Å²) in [5.41, 5.74) is 1.44. The van der Waals surface area contributed by atoms with E-state index in [1.165, 1.54) is 0 Å². The van der Waals surface area contributed by atoms with Crippen molar-refractivity contribution < 1.29 is 9.59 Å². The first kappa shape index (κ1) is 16.2. The Morgan fingerprint density at radius 1 is 1.33 bits per heavy atom. The Hall–Kier alpha value is -2.70. The highest BCUT2D eigenvalue weighted by molar-refractivity contribution is 5.91. The minimum atomic E-state index is -0.225. The maximum atomic E-state index is 12.2. The molecule has 1 aliphatic rings. The fourth-order valence-electron chi connectivity index (χ4n) is 2.94. The summed E-state index contributed by atoms with van der Waals surface area (Å²) < 4.78 is 1.65. The molecule has 0 radical (unpaired) electrons. The Morgan fingerprint density at radius 2 is 2.12 bits per heavy atom. The second kappa shape index (κ2) is 7.25. The highest BCUT2D eigenvalue weighted by atomic mass is 16.2. The number of hydrogen-bond acceptors (Lipinski definition) is 4. The molecule has 0 aliphatic carbocycles. The van der Waals surface area contributed by atoms with Gasteiger partial charge in [-0.05, 0) is 12.5 Å². The van der Waals surface area contributed by atoms with Crippen molar-refractivity contribution in [1.29, 1.82) is 0 Å². The van der Waals surface area contributed by atoms with Crippen LogP contribution >= 0.6 is 0 Å². The number of amides is 2. The smallest absolute Gasteiger partial charge is 0.273 e. The van der Waals surface area contributed by atoms with Gasteiger partial charge in [-0.15, -0.1) is 5.10 Å². The third kappa shape index (κ3) is 3.79. The minimum Gasteiger partial charge on any atom is -0.351 e. The van der Waals surface area contributed by atoms with Gasteiger partial charge in [-0.1, -0.05) is 35.5 Å². The molecule has 2 heterocycles. The molecule has 1 fully saturated rings. The van der Waals surface area contributed by atoms with Crippen molar-refractivity contribution in [3.8, 4) is 0 Å². The van der Waals surface area contributed by atoms with Gasteiger partial charge in [-0.2, -0.15) is 0 Å². The lowest BCUT2D eigenvalue weighted by Crippen LogP contribution is -2.25. The fourth-order valence-corrected chi connectivity index (χ4v) is 2.94. The molecule has 7 nitrogen and oxygen atoms in total. The van der Waals surface area contributed by atoms with Gasteiger partial charge >= 0.3 is 0 Å². The maximum Gasteiger partial charge on any atom is 0.273 e. The van der Waals surface area contributed by atoms with Crippen LogP contribution in [0.15, 0.2) is 36.5 Å². The Bertz CT molecular complexity index is 713. The Balaban J connectivity index is 1.57. The zero-order chi connectivity index (χ0) is 16.9. The Morgan fingerprint density at radius 3 is 2.88 bits per heavy atom. The summed E-state index contributed by atoms with van der Waals surface area (Å²) in [6.07, 6.45) is 2.14. The molecular formula is C17H21N5O2. The van der Waals surface area contributed by atoms with Crippen LogP contribution in [0.1, 0.15) is 29.4 Å². The van der Waals surface area contributed by atoms with E-state index in [2.05, 4.69) is 15.6 Å². The van der Waals surface area contributed by atoms with E-state index in [0.29, 0.717) is 38.3 Å². The molecule has 7 heteroatoms. The van der Waals surface area contributed by atoms with E-state index in [1.807, 2.05) is 42.2 Å². The summed E-state index contributed by atoms with van der Waals surface area (Å²) >= 11 is 0. The van der Waals surface area contributed by atoms with Gasteiger partial charge < -0.3 is 10.2 Å². The van der Waals surface area contributed by atoms with Crippen molar-refractivity contribution in [2.45, 2.75) is 26.4 Å². The molecule has 1 atom stereocenters. The fraction of sp³-hybridized carbons (Fsp3) is 0.412. The van der Waals surface area contributed by atoms with Gasteiger partial charge in [0.05, 0.1) is 6.20 Å². The third-order valence-electron chi connectivity index (χ3n) is 4.06. The summed E-state index contributed by atoms with van der Waals surface area (Å²) in [4.78, 5) is 25.8. The quantitative estimate of drug-likeness (QED) is 0.861. The molecule has 126 valence electrons. The lowest BCUT2D eigenvalue weighted by molar-refractivity contribution is -0.128. The second-order valence-corrected chi connectivity index (χ2v) is 6.02. The van der Waals surface area contributed by atoms with Crippen LogP contribution in [-0.4, -0.2) is 44.8 Å². The molecule has 24 heavy (non-hydrogen) atoms. The van der Waals surface area contributed by atoms with Gasteiger partial charge in [0.1, 0.15) is 0 Å². The van der Waals surface area contributed by atoms with Crippen LogP contribution in [0.5, 0.6) is 0 Å². The molecule has 3 rings (SSSR count). The number of rotatable bonds is 6. The number of hydrogen-bond donors (Lipinski definition) is 1. The first-order chi connectivity index (χ1) is 11.7. The van der Waals surface area contributed by atoms with E-state index in [4.69, 9.17) is 0 Å². The zero-order valence-corrected chi connectivity index (χ0v) is 13.7. The minimum absolute atomic E-state index is 0.160. The van der Waals surface area contributed by atoms with Crippen LogP contribution in [0.4, 0.5) is 0 Å². The van der Waals surface area contributed by atoms with Gasteiger partial charge in [0, 0.05) is 38.5 Å². The summed E-state index contributed by atoms with van der Waals surface area (Å²) in [6, 6.07) is 9.97. The van der Waals surface area contributed by atoms with E-state index in [1.54, 1.807) is 10.9 Å². The summed E-state index contributed by atoms with van der Waals surface area (Å²) in [6.45, 7) is 4.33. The molecule has 0 saturated carbocycles. The lowest BCUT2D eigenvalue weighted by atomic mass is 10.1. The predicted octanol–water partition coefficient (Wildman–Crippen LogP) is 1.08. The molecule has 1 aromatic carbocycles. The molecule has 0 bridgehead atoms. The van der Waals surface area contributed by atoms with E-state index < -0.39 is 0 Å². The number of carbonyl (C=O) groups excluding carboxylic acids is 2. The SMILES string of the molecule is CCNC(=O)c1cn(CC2CC(=O)N(Cc3ccccc3)C2)nn1. The molecular weight excluding hydrogens is 306 g/mol. The van der Waals surface area contributed by atoms with Crippen LogP contribution in [0.3, 0.4) is 0 Å². The van der Waals surface area contributed by atoms with Crippen molar-refractivity contribution in [2.75, 3.05) is 13.1 Å². The lowest BCUT2D eigenvalue weighted by Gasteiger charge is -2.16. The number of nitrogens with one attached hydrogen (secondary N) is 1. The Labute approximate surface area is 140 Å². The van der Waals surface area contributed by atoms with Gasteiger partial charge in [0.25, 0.3) is 5.91 Å². The van der Waals surface area contributed by atoms with Gasteiger partial charge in [-0.3, -0.25) is 14.3 Å². The maximum absolute atomic E-state index is 12.2. The largest absolute Gasteiger partial charge is 0.351 e. The van der Waals surface area contributed by atoms with E-state index in [-0.39, 0.29) is 17.7 Å². The monoisotopic (exact) mass is 327 g/mol. The van der Waals surface area contributed by atoms with E-state index in [9.17, 15) is 9.59 Å². The molecule has 0 spiro atoms. The van der Waals surface area contributed by atoms with Crippen LogP contribution < -0.4 is 5.32 Å². The van der Waals surface area contributed by atoms with Crippen LogP contribution in [-0.2, 0) is 17.9 Å². The average molecular weight is 327 g/mol. The topological polar surface area (TPSA) is 80.1 Å². The first-order valence-corrected chi connectivity index (χ1v) is 8.15. The van der Waals surface area contributed by atoms with Crippen LogP contribution in [0, 0.1) is 5.92 Å². The van der Waals surface area contributed by atoms with Crippen molar-refractivity contribution in [3.05, 3.63) is 47.8 Å². The molecule has 2 amide bonds. The number of aromatic nitrogens is 3. The Kier molecular flexibility index (Phi) is 4.88. The van der Waals surface area contributed by atoms with Gasteiger partial charge in [0.15, 0.2) is 5.69 Å². The highest BCUT2D eigenvalue weighted by Gasteiger charge is 2.30. The van der Waals surface area contributed by atoms with Crippen molar-refractivity contribution in [1.82, 2.24) is 25.2 Å². The molecule has 1 N–H and O–H groups in total. The molecule has 1 saturated heterocycles. The predicted molar refractivity (Wildman–Crippen MR) is 88.0 cm³/mol. The molecule has 1 unspecified atom stereocenters. The summed E-state index contributed by atoms with van der Waals surface area (Å²) in [7, 11) is 0. The van der Waals surface area contributed by atoms with E-state index in [0.717, 1.165) is 5.56 Å². The van der Waals surface area contributed by atoms with Crippen molar-refractivity contribution >= 4 is 11.8 Å². The zero-order valence-electron chi connectivity index (χ0n) is 13.7. The molecule has 1 aliphatic heterocycles. The standard InChI is InChI=1S/C17H21N5O2/c1-2-18-17(24)15-12-22(20-19-15)11-14-8-16(23)21(10-14)9-13-6-4-3-5-7-13/h3-7,12,14H,2,8-11H2,1H3,(H,18,24). The van der Waals surface area contributed by atoms with Crippen molar-refractivity contribution in [3.63, 3.8) is 0 Å². The van der Waals surface area contributed by atoms with Crippen LogP contribution in [0.25, 0.3) is 0 Å². The number of likely N-dealkylation sites (tertiary alicyclic amines) is 1.